The number of rotatable bonds is 7. The smallest absolute Gasteiger partial charge is 0.311 e. The quantitative estimate of drug-likeness (QED) is 0.658. The fraction of sp³-hybridized carbons (Fsp3) is 0.619. The Balaban J connectivity index is 1.99. The molecule has 1 aromatic carbocycles. The van der Waals surface area contributed by atoms with Gasteiger partial charge in [0.1, 0.15) is 19.1 Å². The normalized spacial score (nSPS) is 16.3. The van der Waals surface area contributed by atoms with Crippen molar-refractivity contribution in [2.75, 3.05) is 58.5 Å². The van der Waals surface area contributed by atoms with Crippen LogP contribution in [0.5, 0.6) is 0 Å². The molecule has 1 saturated heterocycles. The summed E-state index contributed by atoms with van der Waals surface area (Å²) >= 11 is 0. The Kier molecular flexibility index (Phi) is 7.83. The molecule has 2 rings (SSSR count). The largest absolute Gasteiger partial charge is 0.455 e. The number of carbonyl (C=O) groups excluding carboxylic acids is 2. The van der Waals surface area contributed by atoms with Crippen molar-refractivity contribution in [2.45, 2.75) is 26.8 Å². The van der Waals surface area contributed by atoms with Crippen LogP contribution in [-0.2, 0) is 19.1 Å². The zero-order valence-electron chi connectivity index (χ0n) is 17.7. The molecule has 28 heavy (non-hydrogen) atoms. The summed E-state index contributed by atoms with van der Waals surface area (Å²) in [5.41, 5.74) is 1.70. The van der Waals surface area contributed by atoms with E-state index in [1.807, 2.05) is 14.1 Å². The molecule has 2 N–H and O–H groups in total. The molecule has 0 spiro atoms. The van der Waals surface area contributed by atoms with Crippen LogP contribution in [0.25, 0.3) is 0 Å². The highest BCUT2D eigenvalue weighted by Crippen LogP contribution is 2.17. The van der Waals surface area contributed by atoms with Crippen molar-refractivity contribution in [3.8, 4) is 0 Å². The lowest BCUT2D eigenvalue weighted by atomic mass is 9.97. The van der Waals surface area contributed by atoms with Gasteiger partial charge in [-0.2, -0.15) is 0 Å². The van der Waals surface area contributed by atoms with Crippen molar-refractivity contribution >= 4 is 17.6 Å². The molecule has 1 heterocycles. The van der Waals surface area contributed by atoms with Crippen molar-refractivity contribution in [3.63, 3.8) is 0 Å². The van der Waals surface area contributed by atoms with Crippen LogP contribution in [0.1, 0.15) is 32.4 Å². The maximum absolute atomic E-state index is 12.2. The van der Waals surface area contributed by atoms with Gasteiger partial charge in [-0.3, -0.25) is 9.59 Å². The van der Waals surface area contributed by atoms with Crippen LogP contribution >= 0.6 is 0 Å². The highest BCUT2D eigenvalue weighted by Gasteiger charge is 2.28. The van der Waals surface area contributed by atoms with Gasteiger partial charge in [0, 0.05) is 25.3 Å². The van der Waals surface area contributed by atoms with E-state index in [1.165, 1.54) is 10.5 Å². The lowest BCUT2D eigenvalue weighted by Gasteiger charge is -2.32. The Hall–Kier alpha value is -2.12. The summed E-state index contributed by atoms with van der Waals surface area (Å²) in [5.74, 6) is -0.655. The highest BCUT2D eigenvalue weighted by molar-refractivity contribution is 5.82. The first-order chi connectivity index (χ1) is 13.2. The summed E-state index contributed by atoms with van der Waals surface area (Å²) in [4.78, 5) is 27.5. The number of morpholine rings is 1. The summed E-state index contributed by atoms with van der Waals surface area (Å²) in [6.45, 7) is 8.78. The number of nitrogens with one attached hydrogen (secondary N) is 2. The molecule has 1 fully saturated rings. The van der Waals surface area contributed by atoms with Gasteiger partial charge in [-0.1, -0.05) is 12.1 Å². The minimum Gasteiger partial charge on any atom is -0.455 e. The average Bonchev–Trinajstić information content (AvgIpc) is 2.66. The molecule has 1 amide bonds. The molecule has 7 heteroatoms. The number of hydrogen-bond acceptors (Lipinski definition) is 5. The summed E-state index contributed by atoms with van der Waals surface area (Å²) in [7, 11) is 4.03. The summed E-state index contributed by atoms with van der Waals surface area (Å²) in [6.07, 6.45) is 0. The van der Waals surface area contributed by atoms with Gasteiger partial charge in [0.05, 0.1) is 25.2 Å². The second-order valence-corrected chi connectivity index (χ2v) is 8.44. The van der Waals surface area contributed by atoms with E-state index < -0.39 is 5.41 Å². The Morgan fingerprint density at radius 1 is 1.18 bits per heavy atom. The van der Waals surface area contributed by atoms with Crippen LogP contribution < -0.4 is 15.1 Å². The molecule has 1 aromatic rings. The van der Waals surface area contributed by atoms with Gasteiger partial charge >= 0.3 is 5.97 Å². The SMILES string of the molecule is CN(C)c1ccc([C@H](CNC(=O)COC(=O)C(C)(C)C)[NH+]2CCOCC2)cc1. The number of anilines is 1. The van der Waals surface area contributed by atoms with E-state index in [0.717, 1.165) is 32.0 Å². The van der Waals surface area contributed by atoms with Gasteiger partial charge < -0.3 is 24.6 Å². The standard InChI is InChI=1S/C21H33N3O4/c1-21(2,3)20(26)28-15-19(25)22-14-18(24-10-12-27-13-11-24)16-6-8-17(9-7-16)23(4)5/h6-9,18H,10-15H2,1-5H3,(H,22,25)/p+1/t18-/m0/s1. The maximum Gasteiger partial charge on any atom is 0.311 e. The molecule has 156 valence electrons. The molecule has 0 unspecified atom stereocenters. The van der Waals surface area contributed by atoms with Crippen LogP contribution in [0.2, 0.25) is 0 Å². The molecule has 0 radical (unpaired) electrons. The van der Waals surface area contributed by atoms with Crippen LogP contribution in [0.4, 0.5) is 5.69 Å². The monoisotopic (exact) mass is 392 g/mol. The first kappa shape index (κ1) is 22.2. The summed E-state index contributed by atoms with van der Waals surface area (Å²) < 4.78 is 10.6. The van der Waals surface area contributed by atoms with Gasteiger partial charge in [0.25, 0.3) is 5.91 Å². The minimum atomic E-state index is -0.616. The number of benzene rings is 1. The van der Waals surface area contributed by atoms with Crippen molar-refractivity contribution in [2.24, 2.45) is 5.41 Å². The fourth-order valence-corrected chi connectivity index (χ4v) is 3.10. The van der Waals surface area contributed by atoms with E-state index in [9.17, 15) is 9.59 Å². The van der Waals surface area contributed by atoms with Gasteiger partial charge in [-0.15, -0.1) is 0 Å². The Morgan fingerprint density at radius 3 is 2.32 bits per heavy atom. The van der Waals surface area contributed by atoms with Gasteiger partial charge in [0.2, 0.25) is 0 Å². The van der Waals surface area contributed by atoms with Crippen molar-refractivity contribution in [1.82, 2.24) is 5.32 Å². The highest BCUT2D eigenvalue weighted by atomic mass is 16.5. The van der Waals surface area contributed by atoms with Crippen LogP contribution in [0, 0.1) is 5.41 Å². The lowest BCUT2D eigenvalue weighted by molar-refractivity contribution is -0.937. The molecule has 0 bridgehead atoms. The molecule has 0 saturated carbocycles. The molecule has 1 atom stereocenters. The predicted molar refractivity (Wildman–Crippen MR) is 108 cm³/mol. The number of quaternary nitrogens is 1. The van der Waals surface area contributed by atoms with Crippen LogP contribution in [0.3, 0.4) is 0 Å². The Labute approximate surface area is 168 Å². The molecular formula is C21H34N3O4+. The average molecular weight is 393 g/mol. The third kappa shape index (κ3) is 6.49. The topological polar surface area (TPSA) is 72.3 Å². The van der Waals surface area contributed by atoms with Crippen molar-refractivity contribution < 1.29 is 24.0 Å². The van der Waals surface area contributed by atoms with Crippen LogP contribution in [0.15, 0.2) is 24.3 Å². The number of hydrogen-bond donors (Lipinski definition) is 2. The third-order valence-corrected chi connectivity index (χ3v) is 4.89. The molecule has 1 aliphatic heterocycles. The first-order valence-electron chi connectivity index (χ1n) is 9.82. The number of ether oxygens (including phenoxy) is 2. The van der Waals surface area contributed by atoms with E-state index in [0.29, 0.717) is 6.54 Å². The molecule has 1 aliphatic rings. The van der Waals surface area contributed by atoms with E-state index in [2.05, 4.69) is 34.5 Å². The molecular weight excluding hydrogens is 358 g/mol. The zero-order chi connectivity index (χ0) is 20.7. The van der Waals surface area contributed by atoms with E-state index in [-0.39, 0.29) is 24.5 Å². The van der Waals surface area contributed by atoms with E-state index in [4.69, 9.17) is 9.47 Å². The Morgan fingerprint density at radius 2 is 1.79 bits per heavy atom. The second kappa shape index (κ2) is 9.89. The van der Waals surface area contributed by atoms with Crippen molar-refractivity contribution in [1.29, 1.82) is 0 Å². The molecule has 0 aliphatic carbocycles. The maximum atomic E-state index is 12.2. The number of esters is 1. The lowest BCUT2D eigenvalue weighted by Crippen LogP contribution is -3.15. The Bertz CT molecular complexity index is 647. The fourth-order valence-electron chi connectivity index (χ4n) is 3.10. The van der Waals surface area contributed by atoms with Crippen LogP contribution in [-0.4, -0.2) is 65.4 Å². The number of amides is 1. The summed E-state index contributed by atoms with van der Waals surface area (Å²) in [5, 5.41) is 2.93. The molecule has 0 aromatic heterocycles. The number of nitrogens with zero attached hydrogens (tertiary/aromatic N) is 1. The first-order valence-corrected chi connectivity index (χ1v) is 9.82. The van der Waals surface area contributed by atoms with Gasteiger partial charge in [-0.25, -0.2) is 0 Å². The third-order valence-electron chi connectivity index (χ3n) is 4.89. The minimum absolute atomic E-state index is 0.127. The van der Waals surface area contributed by atoms with Gasteiger partial charge in [-0.05, 0) is 32.9 Å². The summed E-state index contributed by atoms with van der Waals surface area (Å²) in [6, 6.07) is 8.55. The second-order valence-electron chi connectivity index (χ2n) is 8.44. The van der Waals surface area contributed by atoms with Crippen molar-refractivity contribution in [3.05, 3.63) is 29.8 Å². The van der Waals surface area contributed by atoms with Gasteiger partial charge in [0.15, 0.2) is 6.61 Å². The van der Waals surface area contributed by atoms with E-state index in [1.54, 1.807) is 20.8 Å². The number of carbonyl (C=O) groups is 2. The zero-order valence-corrected chi connectivity index (χ0v) is 17.7. The predicted octanol–water partition coefficient (Wildman–Crippen LogP) is 0.414. The van der Waals surface area contributed by atoms with E-state index >= 15 is 0 Å². The molecule has 7 nitrogen and oxygen atoms in total.